The molecule has 2 rings (SSSR count). The average Bonchev–Trinajstić information content (AvgIpc) is 2.80. The number of hydrogen-bond donors (Lipinski definition) is 1. The number of rotatable bonds is 4. The second-order valence-corrected chi connectivity index (χ2v) is 5.64. The van der Waals surface area contributed by atoms with Crippen molar-refractivity contribution in [3.05, 3.63) is 57.8 Å². The molecule has 1 nitrogen and oxygen atoms in total. The highest BCUT2D eigenvalue weighted by atomic mass is 32.1. The summed E-state index contributed by atoms with van der Waals surface area (Å²) in [7, 11) is 0. The molecule has 0 fully saturated rings. The Morgan fingerprint density at radius 3 is 2.65 bits per heavy atom. The van der Waals surface area contributed by atoms with E-state index >= 15 is 0 Å². The van der Waals surface area contributed by atoms with Gasteiger partial charge in [-0.25, -0.2) is 0 Å². The van der Waals surface area contributed by atoms with Crippen LogP contribution in [0, 0.1) is 6.92 Å². The van der Waals surface area contributed by atoms with Crippen molar-refractivity contribution in [3.8, 4) is 0 Å². The number of aryl methyl sites for hydroxylation is 2. The van der Waals surface area contributed by atoms with Gasteiger partial charge in [0.2, 0.25) is 0 Å². The average molecular weight is 245 g/mol. The third-order valence-corrected chi connectivity index (χ3v) is 4.01. The molecule has 0 saturated heterocycles. The minimum absolute atomic E-state index is 0.243. The molecule has 0 aliphatic carbocycles. The van der Waals surface area contributed by atoms with E-state index in [1.54, 1.807) is 11.3 Å². The lowest BCUT2D eigenvalue weighted by Crippen LogP contribution is -2.34. The zero-order valence-corrected chi connectivity index (χ0v) is 11.3. The first kappa shape index (κ1) is 12.3. The van der Waals surface area contributed by atoms with Gasteiger partial charge in [-0.15, -0.1) is 0 Å². The summed E-state index contributed by atoms with van der Waals surface area (Å²) in [5.41, 5.74) is 10.1. The van der Waals surface area contributed by atoms with E-state index in [0.29, 0.717) is 0 Å². The van der Waals surface area contributed by atoms with E-state index in [4.69, 9.17) is 5.73 Å². The molecular weight excluding hydrogens is 226 g/mol. The van der Waals surface area contributed by atoms with Crippen molar-refractivity contribution in [1.29, 1.82) is 0 Å². The Morgan fingerprint density at radius 2 is 2.00 bits per heavy atom. The van der Waals surface area contributed by atoms with E-state index in [1.807, 2.05) is 0 Å². The van der Waals surface area contributed by atoms with Crippen molar-refractivity contribution < 1.29 is 0 Å². The standard InChI is InChI=1S/C15H19NS/c1-12-5-3-4-6-14(12)15(2,16)9-7-13-8-10-17-11-13/h3-6,8,10-11H,7,9,16H2,1-2H3. The first-order chi connectivity index (χ1) is 8.09. The van der Waals surface area contributed by atoms with Gasteiger partial charge in [-0.2, -0.15) is 11.3 Å². The second-order valence-electron chi connectivity index (χ2n) is 4.86. The Hall–Kier alpha value is -1.12. The first-order valence-electron chi connectivity index (χ1n) is 5.96. The van der Waals surface area contributed by atoms with E-state index < -0.39 is 0 Å². The van der Waals surface area contributed by atoms with Gasteiger partial charge in [-0.1, -0.05) is 24.3 Å². The van der Waals surface area contributed by atoms with Crippen LogP contribution in [-0.2, 0) is 12.0 Å². The van der Waals surface area contributed by atoms with Crippen LogP contribution in [0.4, 0.5) is 0 Å². The molecule has 0 amide bonds. The Labute approximate surface area is 107 Å². The van der Waals surface area contributed by atoms with Crippen LogP contribution in [0.25, 0.3) is 0 Å². The van der Waals surface area contributed by atoms with Gasteiger partial charge in [-0.05, 0) is 60.2 Å². The normalized spacial score (nSPS) is 14.5. The predicted octanol–water partition coefficient (Wildman–Crippen LogP) is 3.86. The molecule has 0 radical (unpaired) electrons. The van der Waals surface area contributed by atoms with Crippen molar-refractivity contribution in [2.75, 3.05) is 0 Å². The lowest BCUT2D eigenvalue weighted by atomic mass is 9.85. The summed E-state index contributed by atoms with van der Waals surface area (Å²) in [5.74, 6) is 0. The molecular formula is C15H19NS. The molecule has 0 spiro atoms. The molecule has 0 saturated carbocycles. The number of thiophene rings is 1. The van der Waals surface area contributed by atoms with Crippen molar-refractivity contribution >= 4 is 11.3 Å². The van der Waals surface area contributed by atoms with Crippen LogP contribution in [-0.4, -0.2) is 0 Å². The van der Waals surface area contributed by atoms with Gasteiger partial charge in [0.05, 0.1) is 0 Å². The van der Waals surface area contributed by atoms with E-state index in [0.717, 1.165) is 12.8 Å². The van der Waals surface area contributed by atoms with E-state index in [9.17, 15) is 0 Å². The molecule has 2 aromatic rings. The molecule has 1 aromatic carbocycles. The minimum atomic E-state index is -0.243. The lowest BCUT2D eigenvalue weighted by Gasteiger charge is -2.27. The number of nitrogens with two attached hydrogens (primary N) is 1. The Balaban J connectivity index is 2.11. The van der Waals surface area contributed by atoms with E-state index in [-0.39, 0.29) is 5.54 Å². The van der Waals surface area contributed by atoms with Crippen molar-refractivity contribution in [2.45, 2.75) is 32.2 Å². The van der Waals surface area contributed by atoms with Gasteiger partial charge in [0.15, 0.2) is 0 Å². The molecule has 17 heavy (non-hydrogen) atoms. The SMILES string of the molecule is Cc1ccccc1C(C)(N)CCc1ccsc1. The van der Waals surface area contributed by atoms with E-state index in [1.165, 1.54) is 16.7 Å². The van der Waals surface area contributed by atoms with Gasteiger partial charge >= 0.3 is 0 Å². The quantitative estimate of drug-likeness (QED) is 0.869. The fourth-order valence-corrected chi connectivity index (χ4v) is 2.89. The molecule has 0 aliphatic heterocycles. The summed E-state index contributed by atoms with van der Waals surface area (Å²) in [6.45, 7) is 4.26. The molecule has 0 aliphatic rings. The molecule has 1 heterocycles. The van der Waals surface area contributed by atoms with Gasteiger partial charge in [0.1, 0.15) is 0 Å². The molecule has 2 N–H and O–H groups in total. The topological polar surface area (TPSA) is 26.0 Å². The largest absolute Gasteiger partial charge is 0.322 e. The van der Waals surface area contributed by atoms with Crippen molar-refractivity contribution in [3.63, 3.8) is 0 Å². The van der Waals surface area contributed by atoms with Gasteiger partial charge in [0.25, 0.3) is 0 Å². The zero-order chi connectivity index (χ0) is 12.3. The van der Waals surface area contributed by atoms with Crippen molar-refractivity contribution in [1.82, 2.24) is 0 Å². The van der Waals surface area contributed by atoms with Crippen LogP contribution in [0.15, 0.2) is 41.1 Å². The summed E-state index contributed by atoms with van der Waals surface area (Å²) < 4.78 is 0. The number of benzene rings is 1. The van der Waals surface area contributed by atoms with E-state index in [2.05, 4.69) is 54.9 Å². The third kappa shape index (κ3) is 2.96. The predicted molar refractivity (Wildman–Crippen MR) is 75.4 cm³/mol. The van der Waals surface area contributed by atoms with Gasteiger partial charge in [-0.3, -0.25) is 0 Å². The van der Waals surface area contributed by atoms with Crippen LogP contribution in [0.1, 0.15) is 30.0 Å². The Bertz CT molecular complexity index is 471. The summed E-state index contributed by atoms with van der Waals surface area (Å²) in [6.07, 6.45) is 2.03. The highest BCUT2D eigenvalue weighted by molar-refractivity contribution is 7.07. The Kier molecular flexibility index (Phi) is 3.65. The smallest absolute Gasteiger partial charge is 0.0386 e. The summed E-state index contributed by atoms with van der Waals surface area (Å²) >= 11 is 1.75. The first-order valence-corrected chi connectivity index (χ1v) is 6.90. The summed E-state index contributed by atoms with van der Waals surface area (Å²) in [5, 5.41) is 4.32. The molecule has 0 bridgehead atoms. The lowest BCUT2D eigenvalue weighted by molar-refractivity contribution is 0.451. The van der Waals surface area contributed by atoms with Crippen LogP contribution >= 0.6 is 11.3 Å². The molecule has 2 heteroatoms. The minimum Gasteiger partial charge on any atom is -0.322 e. The highest BCUT2D eigenvalue weighted by Gasteiger charge is 2.22. The highest BCUT2D eigenvalue weighted by Crippen LogP contribution is 2.26. The zero-order valence-electron chi connectivity index (χ0n) is 10.4. The maximum Gasteiger partial charge on any atom is 0.0386 e. The second kappa shape index (κ2) is 5.03. The molecule has 1 atom stereocenters. The maximum absolute atomic E-state index is 6.46. The maximum atomic E-state index is 6.46. The fraction of sp³-hybridized carbons (Fsp3) is 0.333. The van der Waals surface area contributed by atoms with Gasteiger partial charge in [0, 0.05) is 5.54 Å². The summed E-state index contributed by atoms with van der Waals surface area (Å²) in [4.78, 5) is 0. The van der Waals surface area contributed by atoms with Crippen LogP contribution < -0.4 is 5.73 Å². The van der Waals surface area contributed by atoms with Crippen molar-refractivity contribution in [2.24, 2.45) is 5.73 Å². The fourth-order valence-electron chi connectivity index (χ4n) is 2.19. The molecule has 1 aromatic heterocycles. The van der Waals surface area contributed by atoms with Crippen LogP contribution in [0.3, 0.4) is 0 Å². The monoisotopic (exact) mass is 245 g/mol. The van der Waals surface area contributed by atoms with Crippen LogP contribution in [0.2, 0.25) is 0 Å². The Morgan fingerprint density at radius 1 is 1.24 bits per heavy atom. The third-order valence-electron chi connectivity index (χ3n) is 3.27. The summed E-state index contributed by atoms with van der Waals surface area (Å²) in [6, 6.07) is 10.6. The molecule has 90 valence electrons. The molecule has 1 unspecified atom stereocenters. The number of hydrogen-bond acceptors (Lipinski definition) is 2. The van der Waals surface area contributed by atoms with Crippen LogP contribution in [0.5, 0.6) is 0 Å². The van der Waals surface area contributed by atoms with Gasteiger partial charge < -0.3 is 5.73 Å².